The Balaban J connectivity index is 1.91. The number of hydrazine groups is 1. The van der Waals surface area contributed by atoms with Crippen molar-refractivity contribution < 1.29 is 19.2 Å². The predicted octanol–water partition coefficient (Wildman–Crippen LogP) is -0.0939. The largest absolute Gasteiger partial charge is 0.483 e. The van der Waals surface area contributed by atoms with Gasteiger partial charge in [-0.1, -0.05) is 0 Å². The van der Waals surface area contributed by atoms with Gasteiger partial charge in [0.05, 0.1) is 6.10 Å². The number of pyridine rings is 1. The fourth-order valence-electron chi connectivity index (χ4n) is 1.93. The van der Waals surface area contributed by atoms with Crippen molar-refractivity contribution >= 4 is 11.7 Å². The third-order valence-corrected chi connectivity index (χ3v) is 2.89. The molecule has 108 valence electrons. The van der Waals surface area contributed by atoms with Crippen molar-refractivity contribution in [3.63, 3.8) is 0 Å². The maximum atomic E-state index is 11.3. The first-order valence-corrected chi connectivity index (χ1v) is 6.00. The second kappa shape index (κ2) is 6.26. The van der Waals surface area contributed by atoms with Gasteiger partial charge in [-0.3, -0.25) is 10.2 Å². The third-order valence-electron chi connectivity index (χ3n) is 2.89. The fourth-order valence-corrected chi connectivity index (χ4v) is 1.93. The number of carbonyl (C=O) groups is 1. The lowest BCUT2D eigenvalue weighted by atomic mass is 10.2. The summed E-state index contributed by atoms with van der Waals surface area (Å²) >= 11 is 0. The Morgan fingerprint density at radius 1 is 1.65 bits per heavy atom. The van der Waals surface area contributed by atoms with E-state index in [9.17, 15) is 14.9 Å². The molecule has 2 atom stereocenters. The van der Waals surface area contributed by atoms with Crippen LogP contribution in [0, 0.1) is 10.1 Å². The molecule has 0 bridgehead atoms. The summed E-state index contributed by atoms with van der Waals surface area (Å²) in [5, 5.41) is 10.8. The monoisotopic (exact) mass is 282 g/mol. The summed E-state index contributed by atoms with van der Waals surface area (Å²) in [6, 6.07) is 3.01. The van der Waals surface area contributed by atoms with Crippen molar-refractivity contribution in [1.82, 2.24) is 10.4 Å². The lowest BCUT2D eigenvalue weighted by Gasteiger charge is -2.13. The van der Waals surface area contributed by atoms with Gasteiger partial charge in [-0.25, -0.2) is 5.84 Å². The zero-order chi connectivity index (χ0) is 14.5. The number of ether oxygens (including phenoxy) is 2. The highest BCUT2D eigenvalue weighted by Crippen LogP contribution is 2.25. The Hall–Kier alpha value is -2.26. The number of aromatic nitrogens is 1. The molecule has 20 heavy (non-hydrogen) atoms. The summed E-state index contributed by atoms with van der Waals surface area (Å²) in [6.07, 6.45) is 1.56. The number of hydrogen-bond donors (Lipinski definition) is 2. The van der Waals surface area contributed by atoms with E-state index in [-0.39, 0.29) is 30.2 Å². The minimum absolute atomic E-state index is 0.0767. The molecule has 0 saturated carbocycles. The lowest BCUT2D eigenvalue weighted by molar-refractivity contribution is -0.390. The summed E-state index contributed by atoms with van der Waals surface area (Å²) < 4.78 is 10.8. The van der Waals surface area contributed by atoms with E-state index < -0.39 is 11.0 Å². The van der Waals surface area contributed by atoms with Gasteiger partial charge in [0.15, 0.2) is 0 Å². The molecule has 1 aromatic heterocycles. The number of rotatable bonds is 5. The van der Waals surface area contributed by atoms with Crippen molar-refractivity contribution in [1.29, 1.82) is 0 Å². The molecule has 9 heteroatoms. The van der Waals surface area contributed by atoms with Gasteiger partial charge in [-0.15, -0.1) is 0 Å². The van der Waals surface area contributed by atoms with Gasteiger partial charge in [-0.2, -0.15) is 0 Å². The molecule has 1 aromatic rings. The van der Waals surface area contributed by atoms with Crippen LogP contribution in [0.5, 0.6) is 5.75 Å². The van der Waals surface area contributed by atoms with E-state index in [4.69, 9.17) is 15.3 Å². The molecule has 2 rings (SSSR count). The van der Waals surface area contributed by atoms with Crippen LogP contribution in [0.25, 0.3) is 0 Å². The molecule has 1 fully saturated rings. The minimum atomic E-state index is -0.616. The summed E-state index contributed by atoms with van der Waals surface area (Å²) in [4.78, 5) is 25.1. The standard InChI is InChI=1S/C11H14N4O5/c12-14-11(16)9-4-3-7(20-9)6-19-8-2-1-5-13-10(8)15(17)18/h1-2,5,7,9H,3-4,6,12H2,(H,14,16). The van der Waals surface area contributed by atoms with E-state index in [0.29, 0.717) is 12.8 Å². The maximum Gasteiger partial charge on any atom is 0.406 e. The first-order chi connectivity index (χ1) is 9.61. The van der Waals surface area contributed by atoms with Crippen LogP contribution in [-0.2, 0) is 9.53 Å². The quantitative estimate of drug-likeness (QED) is 0.334. The van der Waals surface area contributed by atoms with Gasteiger partial charge >= 0.3 is 5.82 Å². The molecule has 2 unspecified atom stereocenters. The molecule has 0 spiro atoms. The molecule has 9 nitrogen and oxygen atoms in total. The normalized spacial score (nSPS) is 21.4. The number of nitrogens with two attached hydrogens (primary N) is 1. The van der Waals surface area contributed by atoms with Crippen molar-refractivity contribution in [2.45, 2.75) is 25.0 Å². The summed E-state index contributed by atoms with van der Waals surface area (Å²) in [7, 11) is 0. The van der Waals surface area contributed by atoms with Crippen LogP contribution in [0.4, 0.5) is 5.82 Å². The number of nitrogens with one attached hydrogen (secondary N) is 1. The van der Waals surface area contributed by atoms with Gasteiger partial charge in [0.25, 0.3) is 5.91 Å². The van der Waals surface area contributed by atoms with E-state index in [1.165, 1.54) is 12.3 Å². The molecule has 1 aliphatic rings. The van der Waals surface area contributed by atoms with Gasteiger partial charge in [0.2, 0.25) is 5.75 Å². The lowest BCUT2D eigenvalue weighted by Crippen LogP contribution is -2.39. The molecule has 3 N–H and O–H groups in total. The zero-order valence-electron chi connectivity index (χ0n) is 10.5. The summed E-state index contributed by atoms with van der Waals surface area (Å²) in [6.45, 7) is 0.112. The Morgan fingerprint density at radius 2 is 2.45 bits per heavy atom. The molecule has 0 aromatic carbocycles. The average molecular weight is 282 g/mol. The Labute approximate surface area is 114 Å². The van der Waals surface area contributed by atoms with Crippen LogP contribution >= 0.6 is 0 Å². The molecule has 2 heterocycles. The van der Waals surface area contributed by atoms with E-state index in [1.54, 1.807) is 6.07 Å². The Kier molecular flexibility index (Phi) is 4.43. The molecule has 0 radical (unpaired) electrons. The predicted molar refractivity (Wildman–Crippen MR) is 66.6 cm³/mol. The van der Waals surface area contributed by atoms with E-state index in [0.717, 1.165) is 0 Å². The maximum absolute atomic E-state index is 11.3. The van der Waals surface area contributed by atoms with E-state index >= 15 is 0 Å². The molecular formula is C11H14N4O5. The first kappa shape index (κ1) is 14.2. The summed E-state index contributed by atoms with van der Waals surface area (Å²) in [5.74, 6) is 4.36. The van der Waals surface area contributed by atoms with Gasteiger partial charge in [0.1, 0.15) is 18.9 Å². The van der Waals surface area contributed by atoms with Crippen molar-refractivity contribution in [3.8, 4) is 5.75 Å². The number of nitro groups is 1. The highest BCUT2D eigenvalue weighted by Gasteiger charge is 2.31. The van der Waals surface area contributed by atoms with Crippen molar-refractivity contribution in [2.24, 2.45) is 5.84 Å². The van der Waals surface area contributed by atoms with E-state index in [1.807, 2.05) is 5.43 Å². The molecular weight excluding hydrogens is 268 g/mol. The van der Waals surface area contributed by atoms with Gasteiger partial charge in [-0.05, 0) is 34.9 Å². The number of carbonyl (C=O) groups excluding carboxylic acids is 1. The molecule has 0 aliphatic carbocycles. The van der Waals surface area contributed by atoms with Gasteiger partial charge in [0, 0.05) is 0 Å². The average Bonchev–Trinajstić information content (AvgIpc) is 2.93. The van der Waals surface area contributed by atoms with Crippen LogP contribution in [0.15, 0.2) is 18.3 Å². The summed E-state index contributed by atoms with van der Waals surface area (Å²) in [5.41, 5.74) is 2.02. The highest BCUT2D eigenvalue weighted by atomic mass is 16.6. The SMILES string of the molecule is NNC(=O)C1CCC(COc2cccnc2[N+](=O)[O-])O1. The van der Waals surface area contributed by atoms with Crippen LogP contribution in [-0.4, -0.2) is 34.6 Å². The number of nitrogens with zero attached hydrogens (tertiary/aromatic N) is 2. The Bertz CT molecular complexity index is 509. The van der Waals surface area contributed by atoms with Crippen molar-refractivity contribution in [3.05, 3.63) is 28.4 Å². The zero-order valence-corrected chi connectivity index (χ0v) is 10.5. The molecule has 1 aliphatic heterocycles. The van der Waals surface area contributed by atoms with E-state index in [2.05, 4.69) is 4.98 Å². The molecule has 1 amide bonds. The van der Waals surface area contributed by atoms with Crippen LogP contribution in [0.1, 0.15) is 12.8 Å². The highest BCUT2D eigenvalue weighted by molar-refractivity contribution is 5.80. The van der Waals surface area contributed by atoms with Crippen molar-refractivity contribution in [2.75, 3.05) is 6.61 Å². The Morgan fingerprint density at radius 3 is 3.15 bits per heavy atom. The van der Waals surface area contributed by atoms with Crippen LogP contribution in [0.3, 0.4) is 0 Å². The number of amides is 1. The second-order valence-electron chi connectivity index (χ2n) is 4.23. The second-order valence-corrected chi connectivity index (χ2v) is 4.23. The smallest absolute Gasteiger partial charge is 0.406 e. The fraction of sp³-hybridized carbons (Fsp3) is 0.455. The molecule has 1 saturated heterocycles. The van der Waals surface area contributed by atoms with Crippen LogP contribution < -0.4 is 16.0 Å². The van der Waals surface area contributed by atoms with Gasteiger partial charge < -0.3 is 19.6 Å². The van der Waals surface area contributed by atoms with Crippen LogP contribution in [0.2, 0.25) is 0 Å². The third kappa shape index (κ3) is 3.19. The minimum Gasteiger partial charge on any atom is -0.483 e. The topological polar surface area (TPSA) is 130 Å². The number of hydrogen-bond acceptors (Lipinski definition) is 7. The first-order valence-electron chi connectivity index (χ1n) is 6.00.